The summed E-state index contributed by atoms with van der Waals surface area (Å²) in [6.07, 6.45) is 3.52. The van der Waals surface area contributed by atoms with Gasteiger partial charge < -0.3 is 20.1 Å². The van der Waals surface area contributed by atoms with E-state index >= 15 is 0 Å². The minimum atomic E-state index is -0.413. The van der Waals surface area contributed by atoms with E-state index in [1.54, 1.807) is 19.2 Å². The number of carbonyl (C=O) groups excluding carboxylic acids is 2. The standard InChI is InChI=1S/C24H26N2O4S/c1-29-19-10-3-4-11-20(19)30-15-22(27)26-13-7-6-8-16(26)14-18-17-9-2-5-12-21(17)31-23(18)24(25)28/h2-5,9-12,16H,6-8,13-15H2,1H3,(H2,25,28). The molecule has 7 heteroatoms. The molecule has 1 aliphatic heterocycles. The number of para-hydroxylation sites is 2. The molecule has 162 valence electrons. The predicted molar refractivity (Wildman–Crippen MR) is 122 cm³/mol. The number of likely N-dealkylation sites (tertiary alicyclic amines) is 1. The molecule has 1 unspecified atom stereocenters. The molecule has 1 atom stereocenters. The van der Waals surface area contributed by atoms with E-state index in [1.165, 1.54) is 11.3 Å². The first-order valence-electron chi connectivity index (χ1n) is 10.4. The van der Waals surface area contributed by atoms with Crippen LogP contribution in [0.4, 0.5) is 0 Å². The summed E-state index contributed by atoms with van der Waals surface area (Å²) >= 11 is 1.43. The average Bonchev–Trinajstić information content (AvgIpc) is 3.17. The first kappa shape index (κ1) is 21.2. The summed E-state index contributed by atoms with van der Waals surface area (Å²) in [4.78, 5) is 27.6. The molecule has 1 fully saturated rings. The summed E-state index contributed by atoms with van der Waals surface area (Å²) in [5.41, 5.74) is 6.62. The molecule has 0 bridgehead atoms. The smallest absolute Gasteiger partial charge is 0.260 e. The highest BCUT2D eigenvalue weighted by atomic mass is 32.1. The van der Waals surface area contributed by atoms with Gasteiger partial charge in [-0.15, -0.1) is 11.3 Å². The van der Waals surface area contributed by atoms with Crippen molar-refractivity contribution in [3.05, 3.63) is 59.0 Å². The molecule has 2 aromatic carbocycles. The Morgan fingerprint density at radius 1 is 1.10 bits per heavy atom. The van der Waals surface area contributed by atoms with Crippen molar-refractivity contribution in [2.75, 3.05) is 20.3 Å². The maximum absolute atomic E-state index is 13.1. The van der Waals surface area contributed by atoms with Crippen LogP contribution in [0.2, 0.25) is 0 Å². The summed E-state index contributed by atoms with van der Waals surface area (Å²) in [6, 6.07) is 15.3. The average molecular weight is 439 g/mol. The van der Waals surface area contributed by atoms with Gasteiger partial charge in [0.05, 0.1) is 12.0 Å². The van der Waals surface area contributed by atoms with Gasteiger partial charge in [0.25, 0.3) is 11.8 Å². The number of thiophene rings is 1. The topological polar surface area (TPSA) is 81.9 Å². The van der Waals surface area contributed by atoms with Gasteiger partial charge in [0.1, 0.15) is 0 Å². The van der Waals surface area contributed by atoms with Crippen molar-refractivity contribution in [1.82, 2.24) is 4.90 Å². The zero-order chi connectivity index (χ0) is 21.8. The highest BCUT2D eigenvalue weighted by Gasteiger charge is 2.29. The van der Waals surface area contributed by atoms with Crippen LogP contribution >= 0.6 is 11.3 Å². The second-order valence-corrected chi connectivity index (χ2v) is 8.70. The number of fused-ring (bicyclic) bond motifs is 1. The lowest BCUT2D eigenvalue weighted by molar-refractivity contribution is -0.137. The number of ether oxygens (including phenoxy) is 2. The van der Waals surface area contributed by atoms with Crippen LogP contribution < -0.4 is 15.2 Å². The Kier molecular flexibility index (Phi) is 6.42. The van der Waals surface area contributed by atoms with Crippen LogP contribution in [0.5, 0.6) is 11.5 Å². The number of hydrogen-bond donors (Lipinski definition) is 1. The van der Waals surface area contributed by atoms with Crippen molar-refractivity contribution in [1.29, 1.82) is 0 Å². The van der Waals surface area contributed by atoms with Crippen LogP contribution in [0.15, 0.2) is 48.5 Å². The molecule has 0 spiro atoms. The predicted octanol–water partition coefficient (Wildman–Crippen LogP) is 4.01. The molecule has 31 heavy (non-hydrogen) atoms. The Labute approximate surface area is 185 Å². The van der Waals surface area contributed by atoms with Gasteiger partial charge in [0.15, 0.2) is 18.1 Å². The largest absolute Gasteiger partial charge is 0.493 e. The van der Waals surface area contributed by atoms with Gasteiger partial charge in [0.2, 0.25) is 0 Å². The fourth-order valence-corrected chi connectivity index (χ4v) is 5.32. The van der Waals surface area contributed by atoms with Crippen molar-refractivity contribution in [2.45, 2.75) is 31.7 Å². The molecule has 1 aliphatic rings. The number of benzene rings is 2. The fraction of sp³-hybridized carbons (Fsp3) is 0.333. The molecule has 6 nitrogen and oxygen atoms in total. The van der Waals surface area contributed by atoms with Crippen LogP contribution in [-0.4, -0.2) is 43.0 Å². The van der Waals surface area contributed by atoms with E-state index in [1.807, 2.05) is 41.3 Å². The molecule has 2 heterocycles. The lowest BCUT2D eigenvalue weighted by atomic mass is 9.94. The number of primary amides is 1. The molecule has 3 aromatic rings. The van der Waals surface area contributed by atoms with E-state index in [4.69, 9.17) is 15.2 Å². The molecule has 1 saturated heterocycles. The summed E-state index contributed by atoms with van der Waals surface area (Å²) in [5, 5.41) is 1.05. The SMILES string of the molecule is COc1ccccc1OCC(=O)N1CCCCC1Cc1c(C(N)=O)sc2ccccc12. The number of carbonyl (C=O) groups is 2. The maximum Gasteiger partial charge on any atom is 0.260 e. The zero-order valence-corrected chi connectivity index (χ0v) is 18.3. The van der Waals surface area contributed by atoms with Gasteiger partial charge in [-0.05, 0) is 54.8 Å². The third-order valence-corrected chi connectivity index (χ3v) is 6.96. The number of nitrogens with zero attached hydrogens (tertiary/aromatic N) is 1. The fourth-order valence-electron chi connectivity index (χ4n) is 4.24. The highest BCUT2D eigenvalue weighted by Crippen LogP contribution is 2.34. The minimum absolute atomic E-state index is 0.0126. The minimum Gasteiger partial charge on any atom is -0.493 e. The van der Waals surface area contributed by atoms with Crippen LogP contribution in [0.3, 0.4) is 0 Å². The quantitative estimate of drug-likeness (QED) is 0.604. The summed E-state index contributed by atoms with van der Waals surface area (Å²) in [7, 11) is 1.58. The number of methoxy groups -OCH3 is 1. The van der Waals surface area contributed by atoms with E-state index in [9.17, 15) is 9.59 Å². The highest BCUT2D eigenvalue weighted by molar-refractivity contribution is 7.21. The first-order chi connectivity index (χ1) is 15.1. The molecular formula is C24H26N2O4S. The Bertz CT molecular complexity index is 1090. The van der Waals surface area contributed by atoms with Crippen molar-refractivity contribution >= 4 is 33.2 Å². The van der Waals surface area contributed by atoms with Crippen molar-refractivity contribution in [3.63, 3.8) is 0 Å². The molecule has 2 N–H and O–H groups in total. The van der Waals surface area contributed by atoms with Crippen LogP contribution in [0.1, 0.15) is 34.5 Å². The Morgan fingerprint density at radius 2 is 1.84 bits per heavy atom. The molecular weight excluding hydrogens is 412 g/mol. The second-order valence-electron chi connectivity index (χ2n) is 7.65. The Morgan fingerprint density at radius 3 is 2.61 bits per heavy atom. The zero-order valence-electron chi connectivity index (χ0n) is 17.5. The van der Waals surface area contributed by atoms with Gasteiger partial charge in [0, 0.05) is 17.3 Å². The van der Waals surface area contributed by atoms with Crippen molar-refractivity contribution < 1.29 is 19.1 Å². The van der Waals surface area contributed by atoms with Crippen molar-refractivity contribution in [2.24, 2.45) is 5.73 Å². The lowest BCUT2D eigenvalue weighted by Crippen LogP contribution is -2.47. The van der Waals surface area contributed by atoms with Gasteiger partial charge in [-0.2, -0.15) is 0 Å². The second kappa shape index (κ2) is 9.39. The van der Waals surface area contributed by atoms with E-state index in [-0.39, 0.29) is 18.6 Å². The van der Waals surface area contributed by atoms with E-state index in [0.717, 1.165) is 34.9 Å². The summed E-state index contributed by atoms with van der Waals surface area (Å²) in [6.45, 7) is 0.636. The first-order valence-corrected chi connectivity index (χ1v) is 11.3. The van der Waals surface area contributed by atoms with Gasteiger partial charge in [-0.25, -0.2) is 0 Å². The van der Waals surface area contributed by atoms with Gasteiger partial charge in [-0.1, -0.05) is 30.3 Å². The van der Waals surface area contributed by atoms with Crippen LogP contribution in [0.25, 0.3) is 10.1 Å². The number of rotatable bonds is 7. The number of nitrogens with two attached hydrogens (primary N) is 1. The maximum atomic E-state index is 13.1. The van der Waals surface area contributed by atoms with Crippen LogP contribution in [-0.2, 0) is 11.2 Å². The number of hydrogen-bond acceptors (Lipinski definition) is 5. The molecule has 2 amide bonds. The monoisotopic (exact) mass is 438 g/mol. The molecule has 0 aliphatic carbocycles. The summed E-state index contributed by atoms with van der Waals surface area (Å²) in [5.74, 6) is 0.674. The van der Waals surface area contributed by atoms with E-state index in [0.29, 0.717) is 29.3 Å². The lowest BCUT2D eigenvalue weighted by Gasteiger charge is -2.36. The third kappa shape index (κ3) is 4.51. The third-order valence-electron chi connectivity index (χ3n) is 5.73. The number of piperidine rings is 1. The molecule has 1 aromatic heterocycles. The van der Waals surface area contributed by atoms with Gasteiger partial charge >= 0.3 is 0 Å². The van der Waals surface area contributed by atoms with Crippen LogP contribution in [0, 0.1) is 0 Å². The Balaban J connectivity index is 1.53. The Hall–Kier alpha value is -3.06. The van der Waals surface area contributed by atoms with E-state index in [2.05, 4.69) is 0 Å². The summed E-state index contributed by atoms with van der Waals surface area (Å²) < 4.78 is 12.1. The molecule has 0 radical (unpaired) electrons. The molecule has 0 saturated carbocycles. The van der Waals surface area contributed by atoms with Crippen molar-refractivity contribution in [3.8, 4) is 11.5 Å². The van der Waals surface area contributed by atoms with Gasteiger partial charge in [-0.3, -0.25) is 9.59 Å². The normalized spacial score (nSPS) is 16.3. The molecule has 4 rings (SSSR count). The van der Waals surface area contributed by atoms with E-state index < -0.39 is 5.91 Å². The number of amides is 2.